The zero-order valence-electron chi connectivity index (χ0n) is 15.4. The maximum Gasteiger partial charge on any atom is 0.354 e. The first-order chi connectivity index (χ1) is 13.3. The lowest BCUT2D eigenvalue weighted by Crippen LogP contribution is -2.60. The number of nitrogens with one attached hydrogen (secondary N) is 1. The number of amides is 2. The highest BCUT2D eigenvalue weighted by Crippen LogP contribution is 2.57. The van der Waals surface area contributed by atoms with E-state index in [1.54, 1.807) is 14.0 Å². The smallest absolute Gasteiger partial charge is 0.354 e. The fourth-order valence-electron chi connectivity index (χ4n) is 3.79. The predicted octanol–water partition coefficient (Wildman–Crippen LogP) is -0.135. The molecule has 3 aliphatic rings. The topological polar surface area (TPSA) is 116 Å². The van der Waals surface area contributed by atoms with Crippen LogP contribution in [-0.4, -0.2) is 56.0 Å². The van der Waals surface area contributed by atoms with Gasteiger partial charge in [-0.3, -0.25) is 14.5 Å². The Morgan fingerprint density at radius 3 is 2.89 bits per heavy atom. The van der Waals surface area contributed by atoms with E-state index in [2.05, 4.69) is 9.88 Å². The Morgan fingerprint density at radius 2 is 2.25 bits per heavy atom. The first-order valence-corrected chi connectivity index (χ1v) is 10.7. The maximum absolute atomic E-state index is 12.3. The number of aromatic nitrogens is 2. The molecular formula is C17H21N4O5S2+. The lowest BCUT2D eigenvalue weighted by molar-refractivity contribution is -0.684. The van der Waals surface area contributed by atoms with Gasteiger partial charge in [0.05, 0.1) is 28.1 Å². The number of likely N-dealkylation sites (N-methyl/N-ethyl adjacent to an activating group) is 1. The van der Waals surface area contributed by atoms with Gasteiger partial charge in [0.2, 0.25) is 12.2 Å². The molecule has 1 aromatic rings. The Kier molecular flexibility index (Phi) is 4.92. The average Bonchev–Trinajstić information content (AvgIpc) is 3.27. The predicted molar refractivity (Wildman–Crippen MR) is 102 cm³/mol. The van der Waals surface area contributed by atoms with Crippen molar-refractivity contribution in [3.8, 4) is 0 Å². The number of hydrogen-bond acceptors (Lipinski definition) is 6. The van der Waals surface area contributed by atoms with Crippen LogP contribution in [0.3, 0.4) is 0 Å². The van der Waals surface area contributed by atoms with Crippen molar-refractivity contribution in [1.82, 2.24) is 14.8 Å². The number of aryl methyl sites for hydroxylation is 1. The van der Waals surface area contributed by atoms with Gasteiger partial charge in [0.1, 0.15) is 11.6 Å². The SMILES string of the molecule is CNC(=O)C[n+]1cc2n(c1)CC[C@H]2SC1=C(C(=O)O)N2C(=O)[C@H]([C@@H](C)O)[C@H]2S1. The highest BCUT2D eigenvalue weighted by atomic mass is 32.2. The molecule has 11 heteroatoms. The second-order valence-electron chi connectivity index (χ2n) is 7.03. The van der Waals surface area contributed by atoms with Gasteiger partial charge in [0.25, 0.3) is 5.91 Å². The molecule has 0 saturated carbocycles. The summed E-state index contributed by atoms with van der Waals surface area (Å²) < 4.78 is 4.49. The average molecular weight is 426 g/mol. The van der Waals surface area contributed by atoms with Crippen LogP contribution >= 0.6 is 23.5 Å². The standard InChI is InChI=1S/C17H20N4O5S2/c1-8(22)12-14(24)21-13(16(25)26)17(28-15(12)21)27-10-3-4-20-7-19(5-9(10)20)6-11(23)18-2/h5,7-8,10,12,15,22H,3-4,6H2,1-2H3,(H-,18,23,25,26)/p+1/t8-,10-,12+,15-/m1/s1. The highest BCUT2D eigenvalue weighted by molar-refractivity contribution is 8.22. The number of carbonyl (C=O) groups is 3. The van der Waals surface area contributed by atoms with E-state index < -0.39 is 18.0 Å². The zero-order chi connectivity index (χ0) is 20.2. The van der Waals surface area contributed by atoms with Crippen LogP contribution in [0.25, 0.3) is 0 Å². The number of rotatable bonds is 6. The maximum atomic E-state index is 12.3. The van der Waals surface area contributed by atoms with Crippen LogP contribution in [0.15, 0.2) is 22.5 Å². The Hall–Kier alpha value is -1.98. The number of nitrogens with zero attached hydrogens (tertiary/aromatic N) is 3. The van der Waals surface area contributed by atoms with Crippen molar-refractivity contribution >= 4 is 41.3 Å². The number of thioether (sulfide) groups is 2. The van der Waals surface area contributed by atoms with Crippen molar-refractivity contribution in [1.29, 1.82) is 0 Å². The van der Waals surface area contributed by atoms with Crippen LogP contribution in [-0.2, 0) is 27.5 Å². The van der Waals surface area contributed by atoms with Gasteiger partial charge in [0, 0.05) is 13.5 Å². The van der Waals surface area contributed by atoms with Crippen molar-refractivity contribution in [3.63, 3.8) is 0 Å². The third-order valence-corrected chi connectivity index (χ3v) is 8.10. The third kappa shape index (κ3) is 3.01. The molecule has 1 aromatic heterocycles. The second-order valence-corrected chi connectivity index (χ2v) is 9.63. The van der Waals surface area contributed by atoms with Gasteiger partial charge in [-0.1, -0.05) is 11.8 Å². The van der Waals surface area contributed by atoms with Crippen LogP contribution in [0.4, 0.5) is 0 Å². The van der Waals surface area contributed by atoms with Gasteiger partial charge in [-0.05, 0) is 6.92 Å². The molecule has 0 spiro atoms. The fraction of sp³-hybridized carbons (Fsp3) is 0.529. The van der Waals surface area contributed by atoms with Gasteiger partial charge in [-0.25, -0.2) is 13.9 Å². The molecule has 0 unspecified atom stereocenters. The number of aliphatic hydroxyl groups is 1. The van der Waals surface area contributed by atoms with E-state index in [9.17, 15) is 24.6 Å². The molecule has 150 valence electrons. The Morgan fingerprint density at radius 1 is 1.50 bits per heavy atom. The normalized spacial score (nSPS) is 26.8. The number of hydrogen-bond donors (Lipinski definition) is 3. The molecule has 1 saturated heterocycles. The Bertz CT molecular complexity index is 896. The van der Waals surface area contributed by atoms with Crippen LogP contribution in [0.5, 0.6) is 0 Å². The third-order valence-electron chi connectivity index (χ3n) is 5.20. The van der Waals surface area contributed by atoms with Crippen molar-refractivity contribution in [2.75, 3.05) is 7.05 Å². The van der Waals surface area contributed by atoms with Crippen LogP contribution in [0.1, 0.15) is 24.3 Å². The molecular weight excluding hydrogens is 404 g/mol. The van der Waals surface area contributed by atoms with Crippen molar-refractivity contribution in [3.05, 3.63) is 28.2 Å². The molecule has 3 N–H and O–H groups in total. The molecule has 0 aromatic carbocycles. The number of carboxylic acids is 1. The largest absolute Gasteiger partial charge is 0.477 e. The summed E-state index contributed by atoms with van der Waals surface area (Å²) in [6.07, 6.45) is 3.84. The molecule has 3 aliphatic heterocycles. The number of aliphatic hydroxyl groups excluding tert-OH is 1. The summed E-state index contributed by atoms with van der Waals surface area (Å²) in [6, 6.07) is 0. The van der Waals surface area contributed by atoms with E-state index in [4.69, 9.17) is 0 Å². The summed E-state index contributed by atoms with van der Waals surface area (Å²) >= 11 is 2.79. The quantitative estimate of drug-likeness (QED) is 0.429. The lowest BCUT2D eigenvalue weighted by Gasteiger charge is -2.43. The van der Waals surface area contributed by atoms with Crippen LogP contribution in [0.2, 0.25) is 0 Å². The van der Waals surface area contributed by atoms with Crippen molar-refractivity contribution < 1.29 is 29.2 Å². The molecule has 0 radical (unpaired) electrons. The summed E-state index contributed by atoms with van der Waals surface area (Å²) in [6.45, 7) is 2.57. The molecule has 0 bridgehead atoms. The number of β-lactam (4-membered cyclic amide) rings is 1. The monoisotopic (exact) mass is 425 g/mol. The summed E-state index contributed by atoms with van der Waals surface area (Å²) in [4.78, 5) is 37.0. The highest BCUT2D eigenvalue weighted by Gasteiger charge is 2.58. The summed E-state index contributed by atoms with van der Waals surface area (Å²) in [5.41, 5.74) is 1.05. The second kappa shape index (κ2) is 7.12. The number of carbonyl (C=O) groups excluding carboxylic acids is 2. The number of carboxylic acid groups (broad SMARTS) is 1. The van der Waals surface area contributed by atoms with Gasteiger partial charge >= 0.3 is 5.97 Å². The lowest BCUT2D eigenvalue weighted by atomic mass is 9.92. The van der Waals surface area contributed by atoms with Crippen LogP contribution in [0, 0.1) is 5.92 Å². The first kappa shape index (κ1) is 19.3. The van der Waals surface area contributed by atoms with E-state index in [1.807, 2.05) is 17.1 Å². The van der Waals surface area contributed by atoms with Gasteiger partial charge < -0.3 is 15.5 Å². The summed E-state index contributed by atoms with van der Waals surface area (Å²) in [5, 5.41) is 21.8. The number of aliphatic carboxylic acids is 1. The van der Waals surface area contributed by atoms with Gasteiger partial charge in [-0.2, -0.15) is 0 Å². The number of imidazole rings is 1. The first-order valence-electron chi connectivity index (χ1n) is 8.93. The van der Waals surface area contributed by atoms with Gasteiger partial charge in [-0.15, -0.1) is 11.8 Å². The minimum absolute atomic E-state index is 0.0187. The number of fused-ring (bicyclic) bond motifs is 2. The molecule has 4 rings (SSSR count). The van der Waals surface area contributed by atoms with E-state index in [0.717, 1.165) is 18.7 Å². The van der Waals surface area contributed by atoms with Gasteiger partial charge in [0.15, 0.2) is 17.9 Å². The summed E-state index contributed by atoms with van der Waals surface area (Å²) in [7, 11) is 1.59. The summed E-state index contributed by atoms with van der Waals surface area (Å²) in [5.74, 6) is -2.12. The molecule has 2 amide bonds. The van der Waals surface area contributed by atoms with Crippen molar-refractivity contribution in [2.45, 2.75) is 43.2 Å². The molecule has 4 heterocycles. The van der Waals surface area contributed by atoms with Crippen molar-refractivity contribution in [2.24, 2.45) is 5.92 Å². The van der Waals surface area contributed by atoms with E-state index >= 15 is 0 Å². The molecule has 1 fully saturated rings. The van der Waals surface area contributed by atoms with Crippen LogP contribution < -0.4 is 9.88 Å². The molecule has 9 nitrogen and oxygen atoms in total. The minimum atomic E-state index is -1.13. The van der Waals surface area contributed by atoms with E-state index in [1.165, 1.54) is 28.4 Å². The Labute approximate surface area is 169 Å². The minimum Gasteiger partial charge on any atom is -0.477 e. The Balaban J connectivity index is 1.55. The fourth-order valence-corrected chi connectivity index (χ4v) is 7.08. The molecule has 28 heavy (non-hydrogen) atoms. The van der Waals surface area contributed by atoms with E-state index in [-0.39, 0.29) is 34.7 Å². The molecule has 0 aliphatic carbocycles. The molecule has 4 atom stereocenters. The zero-order valence-corrected chi connectivity index (χ0v) is 17.0. The van der Waals surface area contributed by atoms with E-state index in [0.29, 0.717) is 4.24 Å².